The van der Waals surface area contributed by atoms with Gasteiger partial charge in [-0.25, -0.2) is 13.6 Å². The number of carbonyl (C=O) groups excluding carboxylic acids is 1. The number of nitrogens with two attached hydrogens (primary N) is 1. The molecule has 1 amide bonds. The summed E-state index contributed by atoms with van der Waals surface area (Å²) in [5, 5.41) is 10.2. The molecule has 2 aromatic heterocycles. The van der Waals surface area contributed by atoms with E-state index in [1.54, 1.807) is 17.4 Å². The van der Waals surface area contributed by atoms with Crippen molar-refractivity contribution in [1.29, 1.82) is 0 Å². The number of hydrogen-bond donors (Lipinski definition) is 2. The zero-order valence-corrected chi connectivity index (χ0v) is 17.9. The summed E-state index contributed by atoms with van der Waals surface area (Å²) in [7, 11) is -3.74. The minimum absolute atomic E-state index is 0.0663. The van der Waals surface area contributed by atoms with Crippen molar-refractivity contribution in [1.82, 2.24) is 5.32 Å². The van der Waals surface area contributed by atoms with Gasteiger partial charge in [-0.05, 0) is 41.1 Å². The van der Waals surface area contributed by atoms with E-state index < -0.39 is 10.0 Å². The first-order chi connectivity index (χ1) is 13.4. The minimum atomic E-state index is -3.74. The predicted octanol–water partition coefficient (Wildman–Crippen LogP) is 3.86. The standard InChI is InChI=1S/C20H22N2O3S3/c1-2-4-14-6-8-15(9-7-14)20(17-5-3-12-26-17)22-18(23)13-16-10-11-19(27-16)28(21,24)25/h3,5-12,20H,2,4,13H2,1H3,(H,22,23)(H2,21,24,25). The first-order valence-corrected chi connectivity index (χ1v) is 12.1. The van der Waals surface area contributed by atoms with Gasteiger partial charge in [0.2, 0.25) is 15.9 Å². The molecule has 0 bridgehead atoms. The monoisotopic (exact) mass is 434 g/mol. The average Bonchev–Trinajstić information content (AvgIpc) is 3.32. The van der Waals surface area contributed by atoms with E-state index >= 15 is 0 Å². The second-order valence-corrected chi connectivity index (χ2v) is 10.4. The molecule has 3 N–H and O–H groups in total. The van der Waals surface area contributed by atoms with Crippen LogP contribution >= 0.6 is 22.7 Å². The molecule has 8 heteroatoms. The molecule has 5 nitrogen and oxygen atoms in total. The topological polar surface area (TPSA) is 89.3 Å². The van der Waals surface area contributed by atoms with Gasteiger partial charge in [-0.1, -0.05) is 43.7 Å². The van der Waals surface area contributed by atoms with E-state index in [1.165, 1.54) is 11.6 Å². The molecular weight excluding hydrogens is 412 g/mol. The highest BCUT2D eigenvalue weighted by atomic mass is 32.2. The van der Waals surface area contributed by atoms with Gasteiger partial charge in [0.05, 0.1) is 12.5 Å². The summed E-state index contributed by atoms with van der Waals surface area (Å²) < 4.78 is 22.9. The summed E-state index contributed by atoms with van der Waals surface area (Å²) in [5.74, 6) is -0.168. The van der Waals surface area contributed by atoms with Gasteiger partial charge in [0.1, 0.15) is 4.21 Å². The Morgan fingerprint density at radius 1 is 1.14 bits per heavy atom. The minimum Gasteiger partial charge on any atom is -0.344 e. The Bertz CT molecular complexity index is 1020. The van der Waals surface area contributed by atoms with E-state index in [-0.39, 0.29) is 22.6 Å². The molecule has 2 heterocycles. The average molecular weight is 435 g/mol. The Hall–Kier alpha value is -2.00. The Balaban J connectivity index is 1.76. The Labute approximate surface area is 173 Å². The molecule has 1 unspecified atom stereocenters. The van der Waals surface area contributed by atoms with Gasteiger partial charge in [0.15, 0.2) is 0 Å². The molecule has 148 valence electrons. The highest BCUT2D eigenvalue weighted by molar-refractivity contribution is 7.91. The molecule has 0 radical (unpaired) electrons. The number of aryl methyl sites for hydroxylation is 1. The summed E-state index contributed by atoms with van der Waals surface area (Å²) in [6.07, 6.45) is 2.23. The van der Waals surface area contributed by atoms with Crippen molar-refractivity contribution in [3.63, 3.8) is 0 Å². The molecule has 0 aliphatic rings. The van der Waals surface area contributed by atoms with Gasteiger partial charge in [-0.2, -0.15) is 0 Å². The molecule has 28 heavy (non-hydrogen) atoms. The van der Waals surface area contributed by atoms with Crippen LogP contribution in [0.2, 0.25) is 0 Å². The largest absolute Gasteiger partial charge is 0.344 e. The van der Waals surface area contributed by atoms with Crippen molar-refractivity contribution >= 4 is 38.6 Å². The lowest BCUT2D eigenvalue weighted by atomic mass is 10.0. The predicted molar refractivity (Wildman–Crippen MR) is 114 cm³/mol. The van der Waals surface area contributed by atoms with Crippen LogP contribution < -0.4 is 10.5 Å². The number of rotatable bonds is 8. The number of sulfonamides is 1. The zero-order valence-electron chi connectivity index (χ0n) is 15.4. The molecule has 0 spiro atoms. The van der Waals surface area contributed by atoms with Crippen molar-refractivity contribution in [2.24, 2.45) is 5.14 Å². The second-order valence-electron chi connectivity index (χ2n) is 6.45. The third-order valence-corrected chi connectivity index (χ3v) is 7.70. The summed E-state index contributed by atoms with van der Waals surface area (Å²) in [6, 6.07) is 15.1. The molecule has 3 aromatic rings. The fourth-order valence-corrected chi connectivity index (χ4v) is 5.50. The van der Waals surface area contributed by atoms with E-state index in [9.17, 15) is 13.2 Å². The van der Waals surface area contributed by atoms with Crippen LogP contribution in [0.1, 0.15) is 40.3 Å². The van der Waals surface area contributed by atoms with E-state index in [1.807, 2.05) is 17.5 Å². The fraction of sp³-hybridized carbons (Fsp3) is 0.250. The van der Waals surface area contributed by atoms with Crippen LogP contribution in [0.25, 0.3) is 0 Å². The lowest BCUT2D eigenvalue weighted by Crippen LogP contribution is -2.29. The molecule has 0 aliphatic heterocycles. The summed E-state index contributed by atoms with van der Waals surface area (Å²) >= 11 is 2.61. The lowest BCUT2D eigenvalue weighted by molar-refractivity contribution is -0.120. The SMILES string of the molecule is CCCc1ccc(C(NC(=O)Cc2ccc(S(N)(=O)=O)s2)c2cccs2)cc1. The Kier molecular flexibility index (Phi) is 6.66. The quantitative estimate of drug-likeness (QED) is 0.564. The van der Waals surface area contributed by atoms with Gasteiger partial charge in [0, 0.05) is 9.75 Å². The molecule has 1 aromatic carbocycles. The first-order valence-electron chi connectivity index (χ1n) is 8.90. The molecule has 0 fully saturated rings. The third-order valence-electron chi connectivity index (χ3n) is 4.24. The second kappa shape index (κ2) is 9.00. The maximum absolute atomic E-state index is 12.6. The van der Waals surface area contributed by atoms with Crippen LogP contribution in [0, 0.1) is 0 Å². The summed E-state index contributed by atoms with van der Waals surface area (Å²) in [4.78, 5) is 14.3. The summed E-state index contributed by atoms with van der Waals surface area (Å²) in [5.41, 5.74) is 2.30. The molecule has 0 aliphatic carbocycles. The van der Waals surface area contributed by atoms with Crippen LogP contribution in [0.15, 0.2) is 58.1 Å². The third kappa shape index (κ3) is 5.29. The highest BCUT2D eigenvalue weighted by Gasteiger charge is 2.19. The van der Waals surface area contributed by atoms with Crippen molar-refractivity contribution in [2.45, 2.75) is 36.4 Å². The molecule has 1 atom stereocenters. The van der Waals surface area contributed by atoms with Crippen molar-refractivity contribution < 1.29 is 13.2 Å². The van der Waals surface area contributed by atoms with E-state index in [0.717, 1.165) is 34.6 Å². The first kappa shape index (κ1) is 20.7. The smallest absolute Gasteiger partial charge is 0.247 e. The van der Waals surface area contributed by atoms with Crippen LogP contribution in [0.5, 0.6) is 0 Å². The highest BCUT2D eigenvalue weighted by Crippen LogP contribution is 2.27. The number of nitrogens with one attached hydrogen (secondary N) is 1. The molecule has 0 saturated heterocycles. The van der Waals surface area contributed by atoms with Gasteiger partial charge >= 0.3 is 0 Å². The zero-order chi connectivity index (χ0) is 20.1. The number of hydrogen-bond acceptors (Lipinski definition) is 5. The van der Waals surface area contributed by atoms with Gasteiger partial charge in [-0.3, -0.25) is 4.79 Å². The van der Waals surface area contributed by atoms with Gasteiger partial charge in [0.25, 0.3) is 0 Å². The van der Waals surface area contributed by atoms with Gasteiger partial charge in [-0.15, -0.1) is 22.7 Å². The van der Waals surface area contributed by atoms with Crippen LogP contribution in [0.3, 0.4) is 0 Å². The maximum atomic E-state index is 12.6. The lowest BCUT2D eigenvalue weighted by Gasteiger charge is -2.18. The van der Waals surface area contributed by atoms with E-state index in [2.05, 4.69) is 36.5 Å². The van der Waals surface area contributed by atoms with E-state index in [4.69, 9.17) is 5.14 Å². The van der Waals surface area contributed by atoms with E-state index in [0.29, 0.717) is 4.88 Å². The number of primary sulfonamides is 1. The van der Waals surface area contributed by atoms with Crippen molar-refractivity contribution in [3.8, 4) is 0 Å². The fourth-order valence-electron chi connectivity index (χ4n) is 2.92. The maximum Gasteiger partial charge on any atom is 0.247 e. The van der Waals surface area contributed by atoms with Crippen LogP contribution in [0.4, 0.5) is 0 Å². The number of benzene rings is 1. The molecule has 0 saturated carbocycles. The Morgan fingerprint density at radius 3 is 2.46 bits per heavy atom. The number of amides is 1. The molecular formula is C20H22N2O3S3. The molecule has 3 rings (SSSR count). The normalized spacial score (nSPS) is 12.6. The van der Waals surface area contributed by atoms with Gasteiger partial charge < -0.3 is 5.32 Å². The number of carbonyl (C=O) groups is 1. The van der Waals surface area contributed by atoms with Crippen molar-refractivity contribution in [3.05, 3.63) is 74.8 Å². The summed E-state index contributed by atoms with van der Waals surface area (Å²) in [6.45, 7) is 2.15. The Morgan fingerprint density at radius 2 is 1.89 bits per heavy atom. The van der Waals surface area contributed by atoms with Crippen molar-refractivity contribution in [2.75, 3.05) is 0 Å². The number of thiophene rings is 2. The van der Waals surface area contributed by atoms with Crippen LogP contribution in [-0.2, 0) is 27.7 Å². The van der Waals surface area contributed by atoms with Crippen LogP contribution in [-0.4, -0.2) is 14.3 Å².